The van der Waals surface area contributed by atoms with Gasteiger partial charge in [0, 0.05) is 24.8 Å². The molecule has 0 fully saturated rings. The quantitative estimate of drug-likeness (QED) is 0.835. The number of halogens is 3. The Morgan fingerprint density at radius 1 is 1.30 bits per heavy atom. The highest BCUT2D eigenvalue weighted by Gasteiger charge is 2.28. The van der Waals surface area contributed by atoms with Crippen molar-refractivity contribution >= 4 is 5.91 Å². The molecule has 1 aliphatic rings. The van der Waals surface area contributed by atoms with Gasteiger partial charge in [0.15, 0.2) is 17.5 Å². The Balaban J connectivity index is 1.58. The summed E-state index contributed by atoms with van der Waals surface area (Å²) in [5.74, 6) is -4.25. The van der Waals surface area contributed by atoms with Crippen molar-refractivity contribution in [3.63, 3.8) is 0 Å². The number of carbonyl (C=O) groups is 1. The van der Waals surface area contributed by atoms with Gasteiger partial charge in [-0.15, -0.1) is 0 Å². The molecule has 5 nitrogen and oxygen atoms in total. The normalized spacial score (nSPS) is 16.2. The first-order chi connectivity index (χ1) is 11.1. The topological polar surface area (TPSA) is 66.9 Å². The van der Waals surface area contributed by atoms with E-state index >= 15 is 0 Å². The standard InChI is InChI=1S/C15H13F3N4O/c16-10-3-8(4-11(17)13(10)18)1-2-20-15(23)14-9-5-19-7-22-12(9)6-21-14/h3-5,7,14,21H,1-2,6H2,(H,20,23). The zero-order valence-corrected chi connectivity index (χ0v) is 11.9. The zero-order chi connectivity index (χ0) is 16.4. The van der Waals surface area contributed by atoms with Crippen LogP contribution in [0.3, 0.4) is 0 Å². The molecule has 1 aromatic carbocycles. The summed E-state index contributed by atoms with van der Waals surface area (Å²) in [5, 5.41) is 5.68. The molecule has 2 aromatic rings. The Hall–Kier alpha value is -2.48. The van der Waals surface area contributed by atoms with Crippen molar-refractivity contribution in [2.24, 2.45) is 0 Å². The van der Waals surface area contributed by atoms with E-state index in [1.807, 2.05) is 0 Å². The van der Waals surface area contributed by atoms with Crippen molar-refractivity contribution < 1.29 is 18.0 Å². The molecule has 1 aliphatic heterocycles. The minimum Gasteiger partial charge on any atom is -0.354 e. The lowest BCUT2D eigenvalue weighted by molar-refractivity contribution is -0.123. The van der Waals surface area contributed by atoms with Gasteiger partial charge in [0.1, 0.15) is 12.4 Å². The van der Waals surface area contributed by atoms with Crippen LogP contribution in [0, 0.1) is 17.5 Å². The van der Waals surface area contributed by atoms with Crippen LogP contribution < -0.4 is 10.6 Å². The van der Waals surface area contributed by atoms with Crippen LogP contribution in [0.1, 0.15) is 22.9 Å². The number of aromatic nitrogens is 2. The number of nitrogens with one attached hydrogen (secondary N) is 2. The summed E-state index contributed by atoms with van der Waals surface area (Å²) in [5.41, 5.74) is 1.75. The molecular weight excluding hydrogens is 309 g/mol. The second kappa shape index (κ2) is 6.33. The first-order valence-corrected chi connectivity index (χ1v) is 6.99. The van der Waals surface area contributed by atoms with Crippen LogP contribution in [-0.2, 0) is 17.8 Å². The van der Waals surface area contributed by atoms with E-state index in [1.54, 1.807) is 6.20 Å². The van der Waals surface area contributed by atoms with Crippen LogP contribution >= 0.6 is 0 Å². The largest absolute Gasteiger partial charge is 0.354 e. The van der Waals surface area contributed by atoms with Crippen molar-refractivity contribution in [1.82, 2.24) is 20.6 Å². The number of carbonyl (C=O) groups excluding carboxylic acids is 1. The summed E-state index contributed by atoms with van der Waals surface area (Å²) in [7, 11) is 0. The van der Waals surface area contributed by atoms with E-state index in [9.17, 15) is 18.0 Å². The number of rotatable bonds is 4. The molecular formula is C15H13F3N4O. The van der Waals surface area contributed by atoms with E-state index in [-0.39, 0.29) is 24.4 Å². The fourth-order valence-corrected chi connectivity index (χ4v) is 2.48. The molecule has 2 heterocycles. The maximum Gasteiger partial charge on any atom is 0.241 e. The molecule has 1 unspecified atom stereocenters. The number of hydrogen-bond donors (Lipinski definition) is 2. The lowest BCUT2D eigenvalue weighted by Gasteiger charge is -2.12. The molecule has 1 amide bonds. The number of hydrogen-bond acceptors (Lipinski definition) is 4. The van der Waals surface area contributed by atoms with Crippen LogP contribution in [0.25, 0.3) is 0 Å². The van der Waals surface area contributed by atoms with E-state index in [4.69, 9.17) is 0 Å². The number of benzene rings is 1. The van der Waals surface area contributed by atoms with E-state index in [0.717, 1.165) is 17.8 Å². The third-order valence-electron chi connectivity index (χ3n) is 3.63. The Bertz CT molecular complexity index is 730. The van der Waals surface area contributed by atoms with Gasteiger partial charge in [0.05, 0.1) is 5.69 Å². The second-order valence-corrected chi connectivity index (χ2v) is 5.15. The van der Waals surface area contributed by atoms with Gasteiger partial charge in [-0.3, -0.25) is 10.1 Å². The maximum absolute atomic E-state index is 13.1. The van der Waals surface area contributed by atoms with E-state index in [1.165, 1.54) is 6.33 Å². The fraction of sp³-hybridized carbons (Fsp3) is 0.267. The van der Waals surface area contributed by atoms with E-state index in [0.29, 0.717) is 12.1 Å². The Labute approximate surface area is 130 Å². The lowest BCUT2D eigenvalue weighted by Crippen LogP contribution is -2.35. The molecule has 23 heavy (non-hydrogen) atoms. The van der Waals surface area contributed by atoms with Crippen LogP contribution in [0.2, 0.25) is 0 Å². The van der Waals surface area contributed by atoms with E-state index < -0.39 is 23.5 Å². The molecule has 0 saturated heterocycles. The minimum absolute atomic E-state index is 0.171. The maximum atomic E-state index is 13.1. The molecule has 120 valence electrons. The van der Waals surface area contributed by atoms with E-state index in [2.05, 4.69) is 20.6 Å². The van der Waals surface area contributed by atoms with Crippen molar-refractivity contribution in [3.05, 3.63) is 58.9 Å². The Morgan fingerprint density at radius 3 is 2.78 bits per heavy atom. The molecule has 1 atom stereocenters. The third kappa shape index (κ3) is 3.16. The van der Waals surface area contributed by atoms with Crippen LogP contribution in [0.4, 0.5) is 13.2 Å². The first-order valence-electron chi connectivity index (χ1n) is 6.99. The number of nitrogens with zero attached hydrogens (tertiary/aromatic N) is 2. The smallest absolute Gasteiger partial charge is 0.241 e. The Kier molecular flexibility index (Phi) is 4.24. The third-order valence-corrected chi connectivity index (χ3v) is 3.63. The van der Waals surface area contributed by atoms with Crippen LogP contribution in [0.5, 0.6) is 0 Å². The summed E-state index contributed by atoms with van der Waals surface area (Å²) >= 11 is 0. The SMILES string of the molecule is O=C(NCCc1cc(F)c(F)c(F)c1)C1NCc2ncncc21. The highest BCUT2D eigenvalue weighted by Crippen LogP contribution is 2.22. The minimum atomic E-state index is -1.50. The van der Waals surface area contributed by atoms with Gasteiger partial charge in [-0.1, -0.05) is 0 Å². The molecule has 0 radical (unpaired) electrons. The van der Waals surface area contributed by atoms with Crippen LogP contribution in [-0.4, -0.2) is 22.4 Å². The molecule has 0 spiro atoms. The molecule has 8 heteroatoms. The predicted octanol–water partition coefficient (Wildman–Crippen LogP) is 1.40. The van der Waals surface area contributed by atoms with Crippen molar-refractivity contribution in [1.29, 1.82) is 0 Å². The van der Waals surface area contributed by atoms with Gasteiger partial charge < -0.3 is 5.32 Å². The molecule has 0 saturated carbocycles. The monoisotopic (exact) mass is 322 g/mol. The van der Waals surface area contributed by atoms with Crippen molar-refractivity contribution in [2.75, 3.05) is 6.54 Å². The predicted molar refractivity (Wildman–Crippen MR) is 74.6 cm³/mol. The number of amides is 1. The van der Waals surface area contributed by atoms with Crippen molar-refractivity contribution in [3.8, 4) is 0 Å². The highest BCUT2D eigenvalue weighted by atomic mass is 19.2. The summed E-state index contributed by atoms with van der Waals surface area (Å²) in [4.78, 5) is 20.1. The van der Waals surface area contributed by atoms with Gasteiger partial charge in [0.25, 0.3) is 0 Å². The van der Waals surface area contributed by atoms with Gasteiger partial charge >= 0.3 is 0 Å². The lowest BCUT2D eigenvalue weighted by atomic mass is 10.1. The summed E-state index contributed by atoms with van der Waals surface area (Å²) in [6.07, 6.45) is 3.18. The Morgan fingerprint density at radius 2 is 2.04 bits per heavy atom. The van der Waals surface area contributed by atoms with Gasteiger partial charge in [-0.2, -0.15) is 0 Å². The van der Waals surface area contributed by atoms with Crippen LogP contribution in [0.15, 0.2) is 24.7 Å². The summed E-state index contributed by atoms with van der Waals surface area (Å²) < 4.78 is 39.1. The molecule has 1 aromatic heterocycles. The average molecular weight is 322 g/mol. The van der Waals surface area contributed by atoms with Gasteiger partial charge in [-0.05, 0) is 24.1 Å². The number of fused-ring (bicyclic) bond motifs is 1. The van der Waals surface area contributed by atoms with Gasteiger partial charge in [-0.25, -0.2) is 23.1 Å². The molecule has 0 bridgehead atoms. The fourth-order valence-electron chi connectivity index (χ4n) is 2.48. The first kappa shape index (κ1) is 15.4. The molecule has 0 aliphatic carbocycles. The molecule has 2 N–H and O–H groups in total. The summed E-state index contributed by atoms with van der Waals surface area (Å²) in [6.45, 7) is 0.648. The average Bonchev–Trinajstić information content (AvgIpc) is 2.96. The molecule has 3 rings (SSSR count). The van der Waals surface area contributed by atoms with Crippen molar-refractivity contribution in [2.45, 2.75) is 19.0 Å². The zero-order valence-electron chi connectivity index (χ0n) is 11.9. The second-order valence-electron chi connectivity index (χ2n) is 5.15. The van der Waals surface area contributed by atoms with Gasteiger partial charge in [0.2, 0.25) is 5.91 Å². The summed E-state index contributed by atoms with van der Waals surface area (Å²) in [6, 6.07) is 1.29. The highest BCUT2D eigenvalue weighted by molar-refractivity contribution is 5.84.